The number of carbonyl (C=O) groups is 1. The number of nitrogens with two attached hydrogens (primary N) is 1. The molecule has 0 aliphatic rings. The van der Waals surface area contributed by atoms with Crippen molar-refractivity contribution in [1.29, 1.82) is 0 Å². The van der Waals surface area contributed by atoms with Crippen molar-refractivity contribution < 1.29 is 9.53 Å². The van der Waals surface area contributed by atoms with Crippen LogP contribution in [-0.2, 0) is 11.3 Å². The molecule has 0 aromatic carbocycles. The van der Waals surface area contributed by atoms with Crippen LogP contribution in [0.15, 0.2) is 18.3 Å². The number of nitrogens with one attached hydrogen (secondary N) is 1. The first-order chi connectivity index (χ1) is 7.69. The van der Waals surface area contributed by atoms with E-state index in [1.54, 1.807) is 13.2 Å². The average molecular weight is 225 g/mol. The third kappa shape index (κ3) is 3.36. The van der Waals surface area contributed by atoms with E-state index in [0.29, 0.717) is 25.4 Å². The van der Waals surface area contributed by atoms with E-state index in [9.17, 15) is 4.79 Å². The Morgan fingerprint density at radius 3 is 3.06 bits per heavy atom. The van der Waals surface area contributed by atoms with Gasteiger partial charge in [-0.15, -0.1) is 0 Å². The number of methoxy groups -OCH3 is 1. The van der Waals surface area contributed by atoms with Gasteiger partial charge < -0.3 is 20.4 Å². The number of nitrogens with zero attached hydrogens (tertiary/aromatic N) is 1. The van der Waals surface area contributed by atoms with Gasteiger partial charge in [0.15, 0.2) is 0 Å². The van der Waals surface area contributed by atoms with Crippen molar-refractivity contribution in [2.75, 3.05) is 20.3 Å². The van der Waals surface area contributed by atoms with Crippen LogP contribution in [0, 0.1) is 0 Å². The van der Waals surface area contributed by atoms with E-state index >= 15 is 0 Å². The molecule has 1 atom stereocenters. The van der Waals surface area contributed by atoms with Crippen molar-refractivity contribution in [3.63, 3.8) is 0 Å². The predicted molar refractivity (Wildman–Crippen MR) is 62.3 cm³/mol. The maximum Gasteiger partial charge on any atom is 0.268 e. The summed E-state index contributed by atoms with van der Waals surface area (Å²) in [5.41, 5.74) is 6.09. The number of rotatable bonds is 6. The number of ether oxygens (including phenoxy) is 1. The maximum atomic E-state index is 11.8. The van der Waals surface area contributed by atoms with Gasteiger partial charge in [-0.05, 0) is 19.1 Å². The quantitative estimate of drug-likeness (QED) is 0.727. The molecule has 1 aromatic heterocycles. The lowest BCUT2D eigenvalue weighted by atomic mass is 10.3. The fourth-order valence-electron chi connectivity index (χ4n) is 1.36. The van der Waals surface area contributed by atoms with Crippen LogP contribution in [0.5, 0.6) is 0 Å². The number of carbonyl (C=O) groups excluding carboxylic acids is 1. The molecule has 16 heavy (non-hydrogen) atoms. The molecule has 0 saturated carbocycles. The molecule has 90 valence electrons. The van der Waals surface area contributed by atoms with Crippen LogP contribution >= 0.6 is 0 Å². The smallest absolute Gasteiger partial charge is 0.268 e. The molecule has 1 heterocycles. The molecule has 0 aliphatic heterocycles. The van der Waals surface area contributed by atoms with Gasteiger partial charge in [-0.1, -0.05) is 0 Å². The van der Waals surface area contributed by atoms with Crippen LogP contribution < -0.4 is 11.1 Å². The fraction of sp³-hybridized carbons (Fsp3) is 0.545. The summed E-state index contributed by atoms with van der Waals surface area (Å²) in [5.74, 6) is -0.0981. The summed E-state index contributed by atoms with van der Waals surface area (Å²) in [5, 5.41) is 2.82. The van der Waals surface area contributed by atoms with Crippen molar-refractivity contribution in [1.82, 2.24) is 9.88 Å². The van der Waals surface area contributed by atoms with Gasteiger partial charge in [0.05, 0.1) is 6.61 Å². The van der Waals surface area contributed by atoms with Crippen LogP contribution in [0.3, 0.4) is 0 Å². The second-order valence-electron chi connectivity index (χ2n) is 3.69. The summed E-state index contributed by atoms with van der Waals surface area (Å²) in [6.45, 7) is 3.56. The van der Waals surface area contributed by atoms with Crippen LogP contribution in [0.2, 0.25) is 0 Å². The van der Waals surface area contributed by atoms with Crippen molar-refractivity contribution >= 4 is 5.91 Å². The van der Waals surface area contributed by atoms with E-state index < -0.39 is 0 Å². The van der Waals surface area contributed by atoms with Gasteiger partial charge in [-0.2, -0.15) is 0 Å². The molecule has 0 aliphatic carbocycles. The van der Waals surface area contributed by atoms with Gasteiger partial charge in [0.1, 0.15) is 5.69 Å². The van der Waals surface area contributed by atoms with Gasteiger partial charge in [0.25, 0.3) is 5.91 Å². The highest BCUT2D eigenvalue weighted by atomic mass is 16.5. The van der Waals surface area contributed by atoms with Gasteiger partial charge in [-0.3, -0.25) is 4.79 Å². The van der Waals surface area contributed by atoms with E-state index in [1.165, 1.54) is 0 Å². The highest BCUT2D eigenvalue weighted by Crippen LogP contribution is 2.02. The minimum absolute atomic E-state index is 0.0155. The Labute approximate surface area is 95.6 Å². The molecule has 0 spiro atoms. The largest absolute Gasteiger partial charge is 0.383 e. The van der Waals surface area contributed by atoms with E-state index in [2.05, 4.69) is 5.32 Å². The first kappa shape index (κ1) is 12.7. The van der Waals surface area contributed by atoms with E-state index in [0.717, 1.165) is 0 Å². The highest BCUT2D eigenvalue weighted by Gasteiger charge is 2.12. The lowest BCUT2D eigenvalue weighted by Crippen LogP contribution is -2.38. The van der Waals surface area contributed by atoms with Gasteiger partial charge in [0, 0.05) is 32.4 Å². The van der Waals surface area contributed by atoms with Gasteiger partial charge >= 0.3 is 0 Å². The Balaban J connectivity index is 2.64. The zero-order valence-electron chi connectivity index (χ0n) is 9.77. The summed E-state index contributed by atoms with van der Waals surface area (Å²) in [6, 6.07) is 3.62. The second-order valence-corrected chi connectivity index (χ2v) is 3.69. The molecule has 1 rings (SSSR count). The number of aromatic nitrogens is 1. The molecule has 0 saturated heterocycles. The highest BCUT2D eigenvalue weighted by molar-refractivity contribution is 5.92. The molecule has 5 heteroatoms. The van der Waals surface area contributed by atoms with Crippen LogP contribution in [0.1, 0.15) is 17.4 Å². The molecule has 0 fully saturated rings. The van der Waals surface area contributed by atoms with Crippen LogP contribution in [-0.4, -0.2) is 36.8 Å². The third-order valence-electron chi connectivity index (χ3n) is 2.33. The summed E-state index contributed by atoms with van der Waals surface area (Å²) >= 11 is 0. The van der Waals surface area contributed by atoms with Crippen molar-refractivity contribution in [3.05, 3.63) is 24.0 Å². The molecular formula is C11H19N3O2. The normalized spacial score (nSPS) is 12.4. The molecule has 3 N–H and O–H groups in total. The summed E-state index contributed by atoms with van der Waals surface area (Å²) in [7, 11) is 1.64. The zero-order chi connectivity index (χ0) is 12.0. The lowest BCUT2D eigenvalue weighted by molar-refractivity contribution is 0.0929. The molecular weight excluding hydrogens is 206 g/mol. The third-order valence-corrected chi connectivity index (χ3v) is 2.33. The predicted octanol–water partition coefficient (Wildman–Crippen LogP) is 0.212. The average Bonchev–Trinajstić information content (AvgIpc) is 2.74. The Bertz CT molecular complexity index is 336. The Kier molecular flexibility index (Phi) is 5.01. The first-order valence-electron chi connectivity index (χ1n) is 5.34. The summed E-state index contributed by atoms with van der Waals surface area (Å²) in [6.07, 6.45) is 1.86. The Morgan fingerprint density at radius 1 is 1.69 bits per heavy atom. The lowest BCUT2D eigenvalue weighted by Gasteiger charge is -2.13. The first-order valence-corrected chi connectivity index (χ1v) is 5.34. The maximum absolute atomic E-state index is 11.8. The zero-order valence-corrected chi connectivity index (χ0v) is 9.77. The molecule has 0 bridgehead atoms. The standard InChI is InChI=1S/C11H19N3O2/c1-9(8-12)13-11(15)10-4-3-5-14(10)6-7-16-2/h3-5,9H,6-8,12H2,1-2H3,(H,13,15). The summed E-state index contributed by atoms with van der Waals surface area (Å²) in [4.78, 5) is 11.8. The molecule has 1 unspecified atom stereocenters. The number of hydrogen-bond donors (Lipinski definition) is 2. The Morgan fingerprint density at radius 2 is 2.44 bits per heavy atom. The minimum Gasteiger partial charge on any atom is -0.383 e. The van der Waals surface area contributed by atoms with Gasteiger partial charge in [0.2, 0.25) is 0 Å². The monoisotopic (exact) mass is 225 g/mol. The minimum atomic E-state index is -0.0981. The van der Waals surface area contributed by atoms with Gasteiger partial charge in [-0.25, -0.2) is 0 Å². The SMILES string of the molecule is COCCn1cccc1C(=O)NC(C)CN. The Hall–Kier alpha value is -1.33. The molecule has 5 nitrogen and oxygen atoms in total. The summed E-state index contributed by atoms with van der Waals surface area (Å²) < 4.78 is 6.84. The number of amides is 1. The van der Waals surface area contributed by atoms with Crippen molar-refractivity contribution in [2.45, 2.75) is 19.5 Å². The van der Waals surface area contributed by atoms with E-state index in [-0.39, 0.29) is 11.9 Å². The van der Waals surface area contributed by atoms with Crippen molar-refractivity contribution in [2.24, 2.45) is 5.73 Å². The van der Waals surface area contributed by atoms with E-state index in [1.807, 2.05) is 23.8 Å². The van der Waals surface area contributed by atoms with Crippen LogP contribution in [0.4, 0.5) is 0 Å². The molecule has 1 aromatic rings. The van der Waals surface area contributed by atoms with E-state index in [4.69, 9.17) is 10.5 Å². The fourth-order valence-corrected chi connectivity index (χ4v) is 1.36. The van der Waals surface area contributed by atoms with Crippen molar-refractivity contribution in [3.8, 4) is 0 Å². The molecule has 1 amide bonds. The topological polar surface area (TPSA) is 69.3 Å². The second kappa shape index (κ2) is 6.30. The van der Waals surface area contributed by atoms with Crippen LogP contribution in [0.25, 0.3) is 0 Å². The number of hydrogen-bond acceptors (Lipinski definition) is 3. The molecule has 0 radical (unpaired) electrons.